The Bertz CT molecular complexity index is 708. The third-order valence-corrected chi connectivity index (χ3v) is 4.03. The molecule has 0 fully saturated rings. The van der Waals surface area contributed by atoms with Gasteiger partial charge in [-0.1, -0.05) is 42.5 Å². The standard InChI is InChI=1S/C22H26O5/c1-17(23)25-15-21(16-26-18(2)24)12-11-19-9-6-10-22(13-19)27-14-20-7-4-3-5-8-20/h3-10,13,21H,11-12,14-16H2,1-2H3. The van der Waals surface area contributed by atoms with E-state index in [1.807, 2.05) is 54.6 Å². The molecule has 0 aromatic heterocycles. The first kappa shape index (κ1) is 20.5. The molecule has 5 nitrogen and oxygen atoms in total. The summed E-state index contributed by atoms with van der Waals surface area (Å²) in [6, 6.07) is 17.9. The molecule has 27 heavy (non-hydrogen) atoms. The molecule has 144 valence electrons. The van der Waals surface area contributed by atoms with Gasteiger partial charge in [-0.05, 0) is 36.1 Å². The largest absolute Gasteiger partial charge is 0.489 e. The predicted molar refractivity (Wildman–Crippen MR) is 102 cm³/mol. The lowest BCUT2D eigenvalue weighted by Crippen LogP contribution is -2.20. The van der Waals surface area contributed by atoms with E-state index in [9.17, 15) is 9.59 Å². The van der Waals surface area contributed by atoms with Crippen LogP contribution in [0.1, 0.15) is 31.4 Å². The summed E-state index contributed by atoms with van der Waals surface area (Å²) in [4.78, 5) is 22.1. The third-order valence-electron chi connectivity index (χ3n) is 4.03. The SMILES string of the molecule is CC(=O)OCC(CCc1cccc(OCc2ccccc2)c1)COC(C)=O. The van der Waals surface area contributed by atoms with Crippen LogP contribution in [-0.2, 0) is 32.1 Å². The number of benzene rings is 2. The first-order chi connectivity index (χ1) is 13.0. The highest BCUT2D eigenvalue weighted by molar-refractivity contribution is 5.66. The molecule has 5 heteroatoms. The highest BCUT2D eigenvalue weighted by Gasteiger charge is 2.13. The van der Waals surface area contributed by atoms with Crippen molar-refractivity contribution in [3.05, 3.63) is 65.7 Å². The molecule has 2 aromatic rings. The summed E-state index contributed by atoms with van der Waals surface area (Å²) in [5, 5.41) is 0. The predicted octanol–water partition coefficient (Wildman–Crippen LogP) is 3.94. The van der Waals surface area contributed by atoms with E-state index in [0.717, 1.165) is 29.7 Å². The molecule has 0 atom stereocenters. The number of esters is 2. The van der Waals surface area contributed by atoms with Gasteiger partial charge in [-0.25, -0.2) is 0 Å². The zero-order valence-electron chi connectivity index (χ0n) is 15.9. The molecule has 0 unspecified atom stereocenters. The van der Waals surface area contributed by atoms with Crippen LogP contribution in [0.4, 0.5) is 0 Å². The van der Waals surface area contributed by atoms with E-state index in [1.165, 1.54) is 13.8 Å². The van der Waals surface area contributed by atoms with E-state index in [1.54, 1.807) is 0 Å². The summed E-state index contributed by atoms with van der Waals surface area (Å²) < 4.78 is 16.0. The molecule has 0 amide bonds. The quantitative estimate of drug-likeness (QED) is 0.593. The van der Waals surface area contributed by atoms with Gasteiger partial charge in [0.05, 0.1) is 13.2 Å². The number of carbonyl (C=O) groups is 2. The van der Waals surface area contributed by atoms with Crippen LogP contribution in [0.15, 0.2) is 54.6 Å². The van der Waals surface area contributed by atoms with Crippen LogP contribution in [0.25, 0.3) is 0 Å². The lowest BCUT2D eigenvalue weighted by atomic mass is 10.0. The topological polar surface area (TPSA) is 61.8 Å². The van der Waals surface area contributed by atoms with Crippen LogP contribution in [0.5, 0.6) is 5.75 Å². The third kappa shape index (κ3) is 8.40. The fourth-order valence-electron chi connectivity index (χ4n) is 2.59. The van der Waals surface area contributed by atoms with Gasteiger partial charge in [0.25, 0.3) is 0 Å². The van der Waals surface area contributed by atoms with Crippen molar-refractivity contribution in [3.63, 3.8) is 0 Å². The number of ether oxygens (including phenoxy) is 3. The minimum Gasteiger partial charge on any atom is -0.489 e. The van der Waals surface area contributed by atoms with Crippen molar-refractivity contribution >= 4 is 11.9 Å². The number of rotatable bonds is 10. The normalized spacial score (nSPS) is 10.5. The van der Waals surface area contributed by atoms with Crippen molar-refractivity contribution < 1.29 is 23.8 Å². The van der Waals surface area contributed by atoms with Crippen molar-refractivity contribution in [2.75, 3.05) is 13.2 Å². The molecule has 0 aliphatic rings. The molecule has 0 radical (unpaired) electrons. The lowest BCUT2D eigenvalue weighted by molar-refractivity contribution is -0.146. The van der Waals surface area contributed by atoms with E-state index in [-0.39, 0.29) is 31.1 Å². The van der Waals surface area contributed by atoms with E-state index >= 15 is 0 Å². The van der Waals surface area contributed by atoms with Crippen LogP contribution >= 0.6 is 0 Å². The maximum atomic E-state index is 11.0. The Kier molecular flexibility index (Phi) is 8.36. The number of aryl methyl sites for hydroxylation is 1. The average molecular weight is 370 g/mol. The van der Waals surface area contributed by atoms with Gasteiger partial charge in [-0.3, -0.25) is 9.59 Å². The van der Waals surface area contributed by atoms with Gasteiger partial charge in [0.2, 0.25) is 0 Å². The summed E-state index contributed by atoms with van der Waals surface area (Å²) in [5.41, 5.74) is 2.24. The van der Waals surface area contributed by atoms with E-state index in [0.29, 0.717) is 6.61 Å². The van der Waals surface area contributed by atoms with E-state index in [4.69, 9.17) is 14.2 Å². The van der Waals surface area contributed by atoms with Gasteiger partial charge in [-0.15, -0.1) is 0 Å². The van der Waals surface area contributed by atoms with Gasteiger partial charge < -0.3 is 14.2 Å². The van der Waals surface area contributed by atoms with Crippen LogP contribution in [0.2, 0.25) is 0 Å². The van der Waals surface area contributed by atoms with Crippen LogP contribution in [0, 0.1) is 5.92 Å². The molecule has 2 aromatic carbocycles. The first-order valence-corrected chi connectivity index (χ1v) is 9.05. The Labute approximate surface area is 160 Å². The van der Waals surface area contributed by atoms with Crippen molar-refractivity contribution in [1.29, 1.82) is 0 Å². The monoisotopic (exact) mass is 370 g/mol. The highest BCUT2D eigenvalue weighted by atomic mass is 16.5. The molecular weight excluding hydrogens is 344 g/mol. The number of carbonyl (C=O) groups excluding carboxylic acids is 2. The highest BCUT2D eigenvalue weighted by Crippen LogP contribution is 2.18. The Morgan fingerprint density at radius 3 is 2.11 bits per heavy atom. The van der Waals surface area contributed by atoms with Crippen LogP contribution < -0.4 is 4.74 Å². The van der Waals surface area contributed by atoms with Crippen molar-refractivity contribution in [2.45, 2.75) is 33.3 Å². The summed E-state index contributed by atoms with van der Waals surface area (Å²) in [7, 11) is 0. The molecule has 0 heterocycles. The molecule has 2 rings (SSSR count). The van der Waals surface area contributed by atoms with E-state index in [2.05, 4.69) is 0 Å². The number of hydrogen-bond donors (Lipinski definition) is 0. The molecule has 0 saturated heterocycles. The Hall–Kier alpha value is -2.82. The summed E-state index contributed by atoms with van der Waals surface area (Å²) in [6.07, 6.45) is 1.51. The van der Waals surface area contributed by atoms with Crippen molar-refractivity contribution in [3.8, 4) is 5.75 Å². The second kappa shape index (κ2) is 11.0. The summed E-state index contributed by atoms with van der Waals surface area (Å²) >= 11 is 0. The second-order valence-electron chi connectivity index (χ2n) is 6.43. The minimum atomic E-state index is -0.334. The van der Waals surface area contributed by atoms with Crippen LogP contribution in [0.3, 0.4) is 0 Å². The van der Waals surface area contributed by atoms with Crippen molar-refractivity contribution in [1.82, 2.24) is 0 Å². The molecular formula is C22H26O5. The maximum absolute atomic E-state index is 11.0. The van der Waals surface area contributed by atoms with Gasteiger partial charge in [0, 0.05) is 19.8 Å². The molecule has 0 bridgehead atoms. The first-order valence-electron chi connectivity index (χ1n) is 9.05. The van der Waals surface area contributed by atoms with Crippen LogP contribution in [-0.4, -0.2) is 25.2 Å². The zero-order valence-corrected chi connectivity index (χ0v) is 15.9. The van der Waals surface area contributed by atoms with Gasteiger partial charge >= 0.3 is 11.9 Å². The van der Waals surface area contributed by atoms with Gasteiger partial charge in [0.1, 0.15) is 12.4 Å². The summed E-state index contributed by atoms with van der Waals surface area (Å²) in [6.45, 7) is 3.75. The molecule has 0 N–H and O–H groups in total. The van der Waals surface area contributed by atoms with E-state index < -0.39 is 0 Å². The smallest absolute Gasteiger partial charge is 0.302 e. The Morgan fingerprint density at radius 2 is 1.48 bits per heavy atom. The Balaban J connectivity index is 1.88. The fourth-order valence-corrected chi connectivity index (χ4v) is 2.59. The Morgan fingerprint density at radius 1 is 0.852 bits per heavy atom. The number of hydrogen-bond acceptors (Lipinski definition) is 5. The average Bonchev–Trinajstić information content (AvgIpc) is 2.66. The molecule has 0 aliphatic heterocycles. The molecule has 0 aliphatic carbocycles. The fraction of sp³-hybridized carbons (Fsp3) is 0.364. The second-order valence-corrected chi connectivity index (χ2v) is 6.43. The molecule has 0 spiro atoms. The van der Waals surface area contributed by atoms with Gasteiger partial charge in [0.15, 0.2) is 0 Å². The zero-order chi connectivity index (χ0) is 19.5. The van der Waals surface area contributed by atoms with Gasteiger partial charge in [-0.2, -0.15) is 0 Å². The maximum Gasteiger partial charge on any atom is 0.302 e. The van der Waals surface area contributed by atoms with Crippen molar-refractivity contribution in [2.24, 2.45) is 5.92 Å². The molecule has 0 saturated carbocycles. The lowest BCUT2D eigenvalue weighted by Gasteiger charge is -2.16. The minimum absolute atomic E-state index is 0.0355. The summed E-state index contributed by atoms with van der Waals surface area (Å²) in [5.74, 6) is 0.109.